The van der Waals surface area contributed by atoms with Crippen LogP contribution in [0.4, 0.5) is 8.78 Å². The summed E-state index contributed by atoms with van der Waals surface area (Å²) in [5, 5.41) is 19.5. The maximum absolute atomic E-state index is 13.9. The highest BCUT2D eigenvalue weighted by Gasteiger charge is 2.40. The van der Waals surface area contributed by atoms with Gasteiger partial charge in [-0.1, -0.05) is 13.3 Å². The zero-order valence-electron chi connectivity index (χ0n) is 11.2. The van der Waals surface area contributed by atoms with Gasteiger partial charge in [-0.05, 0) is 38.0 Å². The largest absolute Gasteiger partial charge is 0.481 e. The molecule has 0 heterocycles. The van der Waals surface area contributed by atoms with Crippen molar-refractivity contribution in [2.75, 3.05) is 0 Å². The fourth-order valence-corrected chi connectivity index (χ4v) is 2.16. The van der Waals surface area contributed by atoms with Crippen molar-refractivity contribution in [3.05, 3.63) is 34.9 Å². The van der Waals surface area contributed by atoms with Crippen LogP contribution in [-0.2, 0) is 10.4 Å². The lowest BCUT2D eigenvalue weighted by molar-refractivity contribution is -0.152. The minimum atomic E-state index is -1.96. The second-order valence-electron chi connectivity index (χ2n) is 4.91. The van der Waals surface area contributed by atoms with Crippen LogP contribution in [0.15, 0.2) is 12.1 Å². The molecule has 0 aliphatic carbocycles. The summed E-state index contributed by atoms with van der Waals surface area (Å²) in [6.45, 7) is 4.37. The number of aliphatic hydroxyl groups is 1. The number of aryl methyl sites for hydroxylation is 1. The summed E-state index contributed by atoms with van der Waals surface area (Å²) in [6, 6.07) is 1.83. The Morgan fingerprint density at radius 2 is 1.95 bits per heavy atom. The van der Waals surface area contributed by atoms with E-state index >= 15 is 0 Å². The molecule has 3 nitrogen and oxygen atoms in total. The van der Waals surface area contributed by atoms with Crippen LogP contribution in [-0.4, -0.2) is 16.2 Å². The Balaban J connectivity index is 3.32. The second-order valence-corrected chi connectivity index (χ2v) is 4.91. The Hall–Kier alpha value is -1.49. The standard InChI is InChI=1S/C14H18F2O3/c1-4-5-9(13(17)18)14(3,19)10-7-11(15)8(2)6-12(10)16/h6-7,9,19H,4-5H2,1-3H3,(H,17,18). The zero-order chi connectivity index (χ0) is 14.8. The van der Waals surface area contributed by atoms with Crippen molar-refractivity contribution in [3.63, 3.8) is 0 Å². The quantitative estimate of drug-likeness (QED) is 0.866. The van der Waals surface area contributed by atoms with Gasteiger partial charge < -0.3 is 10.2 Å². The predicted octanol–water partition coefficient (Wildman–Crippen LogP) is 2.98. The summed E-state index contributed by atoms with van der Waals surface area (Å²) in [4.78, 5) is 11.2. The molecule has 0 fully saturated rings. The van der Waals surface area contributed by atoms with Crippen molar-refractivity contribution in [2.45, 2.75) is 39.2 Å². The van der Waals surface area contributed by atoms with Crippen LogP contribution >= 0.6 is 0 Å². The van der Waals surface area contributed by atoms with Crippen LogP contribution in [0.25, 0.3) is 0 Å². The van der Waals surface area contributed by atoms with E-state index in [0.717, 1.165) is 12.1 Å². The van der Waals surface area contributed by atoms with E-state index in [0.29, 0.717) is 6.42 Å². The Morgan fingerprint density at radius 3 is 2.42 bits per heavy atom. The average molecular weight is 272 g/mol. The smallest absolute Gasteiger partial charge is 0.309 e. The third kappa shape index (κ3) is 3.10. The van der Waals surface area contributed by atoms with Gasteiger partial charge >= 0.3 is 5.97 Å². The predicted molar refractivity (Wildman–Crippen MR) is 66.7 cm³/mol. The van der Waals surface area contributed by atoms with E-state index in [2.05, 4.69) is 0 Å². The molecule has 106 valence electrons. The zero-order valence-corrected chi connectivity index (χ0v) is 11.2. The first-order valence-electron chi connectivity index (χ1n) is 6.13. The molecule has 1 aromatic rings. The lowest BCUT2D eigenvalue weighted by atomic mass is 9.80. The number of aliphatic carboxylic acids is 1. The second kappa shape index (κ2) is 5.65. The van der Waals surface area contributed by atoms with Gasteiger partial charge in [0, 0.05) is 5.56 Å². The Kier molecular flexibility index (Phi) is 4.63. The Morgan fingerprint density at radius 1 is 1.37 bits per heavy atom. The number of benzene rings is 1. The van der Waals surface area contributed by atoms with E-state index < -0.39 is 29.1 Å². The monoisotopic (exact) mass is 272 g/mol. The molecule has 2 N–H and O–H groups in total. The molecular weight excluding hydrogens is 254 g/mol. The molecule has 5 heteroatoms. The van der Waals surface area contributed by atoms with Gasteiger partial charge in [0.2, 0.25) is 0 Å². The van der Waals surface area contributed by atoms with Gasteiger partial charge in [0.1, 0.15) is 17.2 Å². The van der Waals surface area contributed by atoms with Gasteiger partial charge in [-0.15, -0.1) is 0 Å². The summed E-state index contributed by atoms with van der Waals surface area (Å²) >= 11 is 0. The molecule has 0 aliphatic rings. The minimum absolute atomic E-state index is 0.111. The molecule has 19 heavy (non-hydrogen) atoms. The summed E-state index contributed by atoms with van der Waals surface area (Å²) in [5.74, 6) is -3.88. The average Bonchev–Trinajstić information content (AvgIpc) is 2.29. The molecule has 0 radical (unpaired) electrons. The van der Waals surface area contributed by atoms with Crippen molar-refractivity contribution < 1.29 is 23.8 Å². The normalized spacial score (nSPS) is 15.9. The topological polar surface area (TPSA) is 57.5 Å². The van der Waals surface area contributed by atoms with E-state index in [1.165, 1.54) is 13.8 Å². The first-order chi connectivity index (χ1) is 8.71. The molecule has 2 unspecified atom stereocenters. The molecule has 0 saturated carbocycles. The minimum Gasteiger partial charge on any atom is -0.481 e. The fourth-order valence-electron chi connectivity index (χ4n) is 2.16. The van der Waals surface area contributed by atoms with E-state index in [1.807, 2.05) is 0 Å². The van der Waals surface area contributed by atoms with Gasteiger partial charge in [-0.3, -0.25) is 4.79 Å². The molecule has 0 spiro atoms. The lowest BCUT2D eigenvalue weighted by Gasteiger charge is -2.31. The van der Waals surface area contributed by atoms with E-state index in [9.17, 15) is 18.7 Å². The molecule has 0 saturated heterocycles. The summed E-state index contributed by atoms with van der Waals surface area (Å²) in [6.07, 6.45) is 0.695. The molecule has 0 aromatic heterocycles. The number of hydrogen-bond acceptors (Lipinski definition) is 2. The van der Waals surface area contributed by atoms with Crippen molar-refractivity contribution in [1.82, 2.24) is 0 Å². The maximum Gasteiger partial charge on any atom is 0.309 e. The molecule has 0 aliphatic heterocycles. The van der Waals surface area contributed by atoms with Crippen LogP contribution in [0.2, 0.25) is 0 Å². The Bertz CT molecular complexity index is 484. The summed E-state index contributed by atoms with van der Waals surface area (Å²) in [7, 11) is 0. The molecule has 1 aromatic carbocycles. The third-order valence-corrected chi connectivity index (χ3v) is 3.35. The summed E-state index contributed by atoms with van der Waals surface area (Å²) < 4.78 is 27.4. The van der Waals surface area contributed by atoms with E-state index in [-0.39, 0.29) is 17.5 Å². The number of carboxylic acids is 1. The molecule has 0 amide bonds. The SMILES string of the molecule is CCCC(C(=O)O)C(C)(O)c1cc(F)c(C)cc1F. The highest BCUT2D eigenvalue weighted by atomic mass is 19.1. The first kappa shape index (κ1) is 15.6. The van der Waals surface area contributed by atoms with Gasteiger partial charge in [-0.25, -0.2) is 8.78 Å². The van der Waals surface area contributed by atoms with E-state index in [4.69, 9.17) is 5.11 Å². The van der Waals surface area contributed by atoms with Crippen LogP contribution in [0.5, 0.6) is 0 Å². The van der Waals surface area contributed by atoms with Gasteiger partial charge in [0.25, 0.3) is 0 Å². The van der Waals surface area contributed by atoms with Crippen molar-refractivity contribution in [3.8, 4) is 0 Å². The van der Waals surface area contributed by atoms with Gasteiger partial charge in [0.05, 0.1) is 5.92 Å². The fraction of sp³-hybridized carbons (Fsp3) is 0.500. The molecule has 1 rings (SSSR count). The number of hydrogen-bond donors (Lipinski definition) is 2. The van der Waals surface area contributed by atoms with Crippen molar-refractivity contribution in [1.29, 1.82) is 0 Å². The number of carboxylic acid groups (broad SMARTS) is 1. The number of carbonyl (C=O) groups is 1. The van der Waals surface area contributed by atoms with Gasteiger partial charge in [0.15, 0.2) is 0 Å². The first-order valence-corrected chi connectivity index (χ1v) is 6.13. The molecule has 2 atom stereocenters. The number of halogens is 2. The third-order valence-electron chi connectivity index (χ3n) is 3.35. The van der Waals surface area contributed by atoms with Crippen LogP contribution in [0, 0.1) is 24.5 Å². The molecular formula is C14H18F2O3. The van der Waals surface area contributed by atoms with Crippen LogP contribution < -0.4 is 0 Å². The number of rotatable bonds is 5. The van der Waals surface area contributed by atoms with E-state index in [1.54, 1.807) is 6.92 Å². The summed E-state index contributed by atoms with van der Waals surface area (Å²) in [5.41, 5.74) is -2.17. The maximum atomic E-state index is 13.9. The Labute approximate surface area is 110 Å². The van der Waals surface area contributed by atoms with Crippen molar-refractivity contribution in [2.24, 2.45) is 5.92 Å². The molecule has 0 bridgehead atoms. The van der Waals surface area contributed by atoms with Crippen LogP contribution in [0.3, 0.4) is 0 Å². The van der Waals surface area contributed by atoms with Gasteiger partial charge in [-0.2, -0.15) is 0 Å². The van der Waals surface area contributed by atoms with Crippen molar-refractivity contribution >= 4 is 5.97 Å². The lowest BCUT2D eigenvalue weighted by Crippen LogP contribution is -2.38. The van der Waals surface area contributed by atoms with Crippen LogP contribution in [0.1, 0.15) is 37.8 Å². The highest BCUT2D eigenvalue weighted by molar-refractivity contribution is 5.72. The highest BCUT2D eigenvalue weighted by Crippen LogP contribution is 2.35.